The van der Waals surface area contributed by atoms with Gasteiger partial charge in [-0.3, -0.25) is 9.69 Å². The summed E-state index contributed by atoms with van der Waals surface area (Å²) >= 11 is 1.74. The quantitative estimate of drug-likeness (QED) is 0.718. The van der Waals surface area contributed by atoms with E-state index in [0.717, 1.165) is 12.1 Å². The number of nitrogens with one attached hydrogen (secondary N) is 1. The molecule has 2 aromatic carbocycles. The molecule has 1 N–H and O–H groups in total. The minimum absolute atomic E-state index is 0.0501. The van der Waals surface area contributed by atoms with Crippen LogP contribution < -0.4 is 10.1 Å². The predicted molar refractivity (Wildman–Crippen MR) is 105 cm³/mol. The number of anilines is 1. The minimum Gasteiger partial charge on any atom is -0.495 e. The third-order valence-electron chi connectivity index (χ3n) is 4.04. The van der Waals surface area contributed by atoms with Crippen molar-refractivity contribution in [1.29, 1.82) is 0 Å². The third-order valence-corrected chi connectivity index (χ3v) is 5.06. The van der Waals surface area contributed by atoms with E-state index in [4.69, 9.17) is 4.74 Å². The van der Waals surface area contributed by atoms with Crippen molar-refractivity contribution in [1.82, 2.24) is 4.90 Å². The van der Waals surface area contributed by atoms with Gasteiger partial charge in [-0.25, -0.2) is 0 Å². The van der Waals surface area contributed by atoms with Crippen LogP contribution in [-0.2, 0) is 11.3 Å². The van der Waals surface area contributed by atoms with Crippen LogP contribution in [-0.4, -0.2) is 31.5 Å². The SMILES string of the molecule is COc1ccc(C)cc1NC(=O)CN(C)Cc1csc2ccccc12. The maximum atomic E-state index is 12.4. The summed E-state index contributed by atoms with van der Waals surface area (Å²) in [4.78, 5) is 14.4. The van der Waals surface area contributed by atoms with Crippen molar-refractivity contribution >= 4 is 33.0 Å². The smallest absolute Gasteiger partial charge is 0.238 e. The van der Waals surface area contributed by atoms with Gasteiger partial charge >= 0.3 is 0 Å². The van der Waals surface area contributed by atoms with E-state index in [-0.39, 0.29) is 5.91 Å². The molecular formula is C20H22N2O2S. The van der Waals surface area contributed by atoms with Crippen LogP contribution in [0.2, 0.25) is 0 Å². The maximum absolute atomic E-state index is 12.4. The van der Waals surface area contributed by atoms with Gasteiger partial charge in [0.2, 0.25) is 5.91 Å². The molecule has 0 aliphatic rings. The van der Waals surface area contributed by atoms with Crippen LogP contribution in [0.25, 0.3) is 10.1 Å². The average molecular weight is 354 g/mol. The summed E-state index contributed by atoms with van der Waals surface area (Å²) in [5, 5.41) is 6.38. The van der Waals surface area contributed by atoms with E-state index < -0.39 is 0 Å². The molecule has 3 aromatic rings. The minimum atomic E-state index is -0.0501. The van der Waals surface area contributed by atoms with Gasteiger partial charge in [0.15, 0.2) is 0 Å². The number of aryl methyl sites for hydroxylation is 1. The van der Waals surface area contributed by atoms with Gasteiger partial charge in [0.1, 0.15) is 5.75 Å². The van der Waals surface area contributed by atoms with Crippen LogP contribution in [0.5, 0.6) is 5.75 Å². The Kier molecular flexibility index (Phi) is 5.36. The molecule has 25 heavy (non-hydrogen) atoms. The average Bonchev–Trinajstić information content (AvgIpc) is 2.98. The van der Waals surface area contributed by atoms with Gasteiger partial charge in [-0.05, 0) is 54.1 Å². The van der Waals surface area contributed by atoms with Crippen LogP contribution in [0.15, 0.2) is 47.8 Å². The van der Waals surface area contributed by atoms with Crippen molar-refractivity contribution in [3.8, 4) is 5.75 Å². The highest BCUT2D eigenvalue weighted by molar-refractivity contribution is 7.17. The summed E-state index contributed by atoms with van der Waals surface area (Å²) in [7, 11) is 3.56. The van der Waals surface area contributed by atoms with Crippen LogP contribution in [0.1, 0.15) is 11.1 Å². The van der Waals surface area contributed by atoms with Gasteiger partial charge in [0.05, 0.1) is 19.3 Å². The fourth-order valence-electron chi connectivity index (χ4n) is 2.86. The number of methoxy groups -OCH3 is 1. The van der Waals surface area contributed by atoms with E-state index in [1.807, 2.05) is 37.1 Å². The van der Waals surface area contributed by atoms with Crippen LogP contribution >= 0.6 is 11.3 Å². The number of thiophene rings is 1. The molecule has 3 rings (SSSR count). The van der Waals surface area contributed by atoms with Crippen molar-refractivity contribution in [3.05, 3.63) is 59.0 Å². The van der Waals surface area contributed by atoms with E-state index >= 15 is 0 Å². The Hall–Kier alpha value is -2.37. The highest BCUT2D eigenvalue weighted by atomic mass is 32.1. The second-order valence-electron chi connectivity index (χ2n) is 6.18. The summed E-state index contributed by atoms with van der Waals surface area (Å²) in [6, 6.07) is 14.1. The summed E-state index contributed by atoms with van der Waals surface area (Å²) in [5.41, 5.74) is 3.04. The number of carbonyl (C=O) groups is 1. The Morgan fingerprint density at radius 2 is 2.04 bits per heavy atom. The van der Waals surface area contributed by atoms with Crippen LogP contribution in [0, 0.1) is 6.92 Å². The molecule has 1 heterocycles. The molecule has 0 saturated heterocycles. The fraction of sp³-hybridized carbons (Fsp3) is 0.250. The van der Waals surface area contributed by atoms with Crippen LogP contribution in [0.4, 0.5) is 5.69 Å². The lowest BCUT2D eigenvalue weighted by molar-refractivity contribution is -0.117. The number of hydrogen-bond donors (Lipinski definition) is 1. The Bertz CT molecular complexity index is 888. The lowest BCUT2D eigenvalue weighted by Gasteiger charge is -2.17. The fourth-order valence-corrected chi connectivity index (χ4v) is 3.81. The molecule has 5 heteroatoms. The molecule has 130 valence electrons. The molecule has 0 atom stereocenters. The molecule has 0 aliphatic carbocycles. The normalized spacial score (nSPS) is 11.0. The second kappa shape index (κ2) is 7.68. The molecule has 0 spiro atoms. The number of carbonyl (C=O) groups excluding carboxylic acids is 1. The van der Waals surface area contributed by atoms with E-state index in [9.17, 15) is 4.79 Å². The first-order valence-corrected chi connectivity index (χ1v) is 9.03. The lowest BCUT2D eigenvalue weighted by atomic mass is 10.1. The highest BCUT2D eigenvalue weighted by Crippen LogP contribution is 2.27. The number of fused-ring (bicyclic) bond motifs is 1. The van der Waals surface area contributed by atoms with E-state index in [2.05, 4.69) is 35.0 Å². The van der Waals surface area contributed by atoms with Gasteiger partial charge in [0, 0.05) is 11.2 Å². The second-order valence-corrected chi connectivity index (χ2v) is 7.09. The molecular weight excluding hydrogens is 332 g/mol. The lowest BCUT2D eigenvalue weighted by Crippen LogP contribution is -2.29. The van der Waals surface area contributed by atoms with Crippen molar-refractivity contribution < 1.29 is 9.53 Å². The van der Waals surface area contributed by atoms with Gasteiger partial charge in [-0.2, -0.15) is 0 Å². The molecule has 1 amide bonds. The number of amides is 1. The molecule has 1 aromatic heterocycles. The van der Waals surface area contributed by atoms with E-state index in [1.54, 1.807) is 18.4 Å². The molecule has 0 unspecified atom stereocenters. The molecule has 0 radical (unpaired) electrons. The maximum Gasteiger partial charge on any atom is 0.238 e. The number of hydrogen-bond acceptors (Lipinski definition) is 4. The highest BCUT2D eigenvalue weighted by Gasteiger charge is 2.12. The molecule has 4 nitrogen and oxygen atoms in total. The van der Waals surface area contributed by atoms with Crippen molar-refractivity contribution in [3.63, 3.8) is 0 Å². The standard InChI is InChI=1S/C20H22N2O2S/c1-14-8-9-18(24-3)17(10-14)21-20(23)12-22(2)11-15-13-25-19-7-5-4-6-16(15)19/h4-10,13H,11-12H2,1-3H3,(H,21,23). The Morgan fingerprint density at radius 1 is 1.24 bits per heavy atom. The Labute approximate surface area is 152 Å². The first kappa shape index (κ1) is 17.5. The molecule has 0 saturated carbocycles. The van der Waals surface area contributed by atoms with Gasteiger partial charge in [0.25, 0.3) is 0 Å². The largest absolute Gasteiger partial charge is 0.495 e. The number of rotatable bonds is 6. The topological polar surface area (TPSA) is 41.6 Å². The van der Waals surface area contributed by atoms with Crippen LogP contribution in [0.3, 0.4) is 0 Å². The molecule has 0 aliphatic heterocycles. The van der Waals surface area contributed by atoms with Gasteiger partial charge in [-0.1, -0.05) is 24.3 Å². The van der Waals surface area contributed by atoms with Gasteiger partial charge in [-0.15, -0.1) is 11.3 Å². The zero-order valence-corrected chi connectivity index (χ0v) is 15.5. The predicted octanol–water partition coefficient (Wildman–Crippen LogP) is 4.29. The van der Waals surface area contributed by atoms with Crippen molar-refractivity contribution in [2.75, 3.05) is 26.0 Å². The molecule has 0 bridgehead atoms. The number of benzene rings is 2. The Morgan fingerprint density at radius 3 is 2.84 bits per heavy atom. The monoisotopic (exact) mass is 354 g/mol. The zero-order chi connectivity index (χ0) is 17.8. The first-order chi connectivity index (χ1) is 12.1. The zero-order valence-electron chi connectivity index (χ0n) is 14.7. The number of likely N-dealkylation sites (N-methyl/N-ethyl adjacent to an activating group) is 1. The summed E-state index contributed by atoms with van der Waals surface area (Å²) in [6.45, 7) is 3.05. The molecule has 0 fully saturated rings. The summed E-state index contributed by atoms with van der Waals surface area (Å²) in [5.74, 6) is 0.622. The number of ether oxygens (including phenoxy) is 1. The van der Waals surface area contributed by atoms with Crippen molar-refractivity contribution in [2.45, 2.75) is 13.5 Å². The van der Waals surface area contributed by atoms with Crippen molar-refractivity contribution in [2.24, 2.45) is 0 Å². The summed E-state index contributed by atoms with van der Waals surface area (Å²) < 4.78 is 6.59. The van der Waals surface area contributed by atoms with Gasteiger partial charge < -0.3 is 10.1 Å². The van der Waals surface area contributed by atoms with E-state index in [0.29, 0.717) is 18.0 Å². The number of nitrogens with zero attached hydrogens (tertiary/aromatic N) is 1. The summed E-state index contributed by atoms with van der Waals surface area (Å²) in [6.07, 6.45) is 0. The Balaban J connectivity index is 1.64. The van der Waals surface area contributed by atoms with E-state index in [1.165, 1.54) is 15.6 Å². The third kappa shape index (κ3) is 4.18. The first-order valence-electron chi connectivity index (χ1n) is 8.15.